The van der Waals surface area contributed by atoms with Gasteiger partial charge in [0.05, 0.1) is 6.20 Å². The van der Waals surface area contributed by atoms with Crippen molar-refractivity contribution in [2.45, 2.75) is 18.0 Å². The van der Waals surface area contributed by atoms with Crippen molar-refractivity contribution in [3.63, 3.8) is 0 Å². The summed E-state index contributed by atoms with van der Waals surface area (Å²) in [6.45, 7) is 1.60. The van der Waals surface area contributed by atoms with E-state index >= 15 is 0 Å². The molecule has 0 fully saturated rings. The van der Waals surface area contributed by atoms with Crippen molar-refractivity contribution < 1.29 is 18.3 Å². The second-order valence-corrected chi connectivity index (χ2v) is 5.82. The van der Waals surface area contributed by atoms with Gasteiger partial charge in [0.25, 0.3) is 10.0 Å². The molecule has 1 aromatic heterocycles. The lowest BCUT2D eigenvalue weighted by atomic mass is 10.1. The van der Waals surface area contributed by atoms with Gasteiger partial charge in [-0.3, -0.25) is 4.79 Å². The van der Waals surface area contributed by atoms with Crippen LogP contribution in [0.5, 0.6) is 0 Å². The molecule has 2 rings (SSSR count). The highest BCUT2D eigenvalue weighted by molar-refractivity contribution is 7.89. The van der Waals surface area contributed by atoms with E-state index in [2.05, 4.69) is 14.7 Å². The number of nitrogens with one attached hydrogen (secondary N) is 2. The smallest absolute Gasteiger partial charge is 0.326 e. The Morgan fingerprint density at radius 2 is 2.00 bits per heavy atom. The molecule has 1 heterocycles. The number of H-pyrrole nitrogens is 1. The van der Waals surface area contributed by atoms with Gasteiger partial charge >= 0.3 is 5.97 Å². The number of hydrogen-bond donors (Lipinski definition) is 3. The van der Waals surface area contributed by atoms with Crippen molar-refractivity contribution in [1.29, 1.82) is 0 Å². The summed E-state index contributed by atoms with van der Waals surface area (Å²) >= 11 is 0. The third-order valence-corrected chi connectivity index (χ3v) is 3.95. The zero-order valence-corrected chi connectivity index (χ0v) is 11.4. The average Bonchev–Trinajstić information content (AvgIpc) is 2.84. The summed E-state index contributed by atoms with van der Waals surface area (Å²) in [6, 6.07) is 6.72. The minimum atomic E-state index is -3.98. The monoisotopic (exact) mass is 295 g/mol. The molecule has 8 heteroatoms. The van der Waals surface area contributed by atoms with Crippen molar-refractivity contribution in [2.75, 3.05) is 0 Å². The van der Waals surface area contributed by atoms with Gasteiger partial charge in [-0.2, -0.15) is 4.72 Å². The minimum Gasteiger partial charge on any atom is -0.480 e. The first-order valence-electron chi connectivity index (χ1n) is 5.72. The number of nitrogens with zero attached hydrogens (tertiary/aromatic N) is 1. The minimum absolute atomic E-state index is 0.169. The van der Waals surface area contributed by atoms with E-state index < -0.39 is 22.0 Å². The van der Waals surface area contributed by atoms with Crippen molar-refractivity contribution in [3.8, 4) is 0 Å². The molecule has 7 nitrogen and oxygen atoms in total. The Hall–Kier alpha value is -2.19. The lowest BCUT2D eigenvalue weighted by Gasteiger charge is -2.14. The first-order valence-corrected chi connectivity index (χ1v) is 7.20. The molecule has 20 heavy (non-hydrogen) atoms. The summed E-state index contributed by atoms with van der Waals surface area (Å²) in [5.41, 5.74) is 0.347. The van der Waals surface area contributed by atoms with Gasteiger partial charge in [-0.05, 0) is 12.5 Å². The van der Waals surface area contributed by atoms with Gasteiger partial charge in [0.1, 0.15) is 11.9 Å². The molecule has 3 N–H and O–H groups in total. The molecule has 0 amide bonds. The maximum atomic E-state index is 12.1. The molecule has 2 aromatic rings. The average molecular weight is 295 g/mol. The fraction of sp³-hybridized carbons (Fsp3) is 0.167. The van der Waals surface area contributed by atoms with Crippen LogP contribution in [0.3, 0.4) is 0 Å². The van der Waals surface area contributed by atoms with E-state index in [9.17, 15) is 18.3 Å². The number of rotatable bonds is 5. The number of carbonyl (C=O) groups is 1. The van der Waals surface area contributed by atoms with Gasteiger partial charge in [-0.1, -0.05) is 30.3 Å². The van der Waals surface area contributed by atoms with Crippen LogP contribution >= 0.6 is 0 Å². The van der Waals surface area contributed by atoms with E-state index in [1.54, 1.807) is 37.3 Å². The summed E-state index contributed by atoms with van der Waals surface area (Å²) in [7, 11) is -3.98. The van der Waals surface area contributed by atoms with Crippen molar-refractivity contribution in [1.82, 2.24) is 14.7 Å². The Balaban J connectivity index is 2.32. The highest BCUT2D eigenvalue weighted by Gasteiger charge is 2.27. The van der Waals surface area contributed by atoms with Gasteiger partial charge in [0, 0.05) is 0 Å². The zero-order valence-electron chi connectivity index (χ0n) is 10.6. The van der Waals surface area contributed by atoms with Gasteiger partial charge in [-0.25, -0.2) is 13.4 Å². The van der Waals surface area contributed by atoms with Crippen LogP contribution in [-0.2, 0) is 14.8 Å². The maximum Gasteiger partial charge on any atom is 0.326 e. The SMILES string of the molecule is Cc1ncc(S(=O)(=O)N[C@H](C(=O)O)c2ccccc2)[nH]1. The molecule has 0 aliphatic heterocycles. The number of carboxylic acids is 1. The fourth-order valence-corrected chi connectivity index (χ4v) is 2.81. The van der Waals surface area contributed by atoms with E-state index in [1.807, 2.05) is 0 Å². The van der Waals surface area contributed by atoms with Crippen LogP contribution < -0.4 is 4.72 Å². The van der Waals surface area contributed by atoms with Crippen molar-refractivity contribution in [2.24, 2.45) is 0 Å². The fourth-order valence-electron chi connectivity index (χ4n) is 1.66. The second kappa shape index (κ2) is 5.43. The van der Waals surface area contributed by atoms with E-state index in [4.69, 9.17) is 0 Å². The predicted octanol–water partition coefficient (Wildman–Crippen LogP) is 0.822. The third kappa shape index (κ3) is 3.03. The molecule has 0 bridgehead atoms. The lowest BCUT2D eigenvalue weighted by molar-refractivity contribution is -0.139. The van der Waals surface area contributed by atoms with Gasteiger partial charge in [0.15, 0.2) is 5.03 Å². The quantitative estimate of drug-likeness (QED) is 0.756. The first-order chi connectivity index (χ1) is 9.40. The summed E-state index contributed by atoms with van der Waals surface area (Å²) in [6.07, 6.45) is 1.14. The Labute approximate surface area is 115 Å². The second-order valence-electron chi connectivity index (χ2n) is 4.14. The summed E-state index contributed by atoms with van der Waals surface area (Å²) in [5.74, 6) is -0.854. The van der Waals surface area contributed by atoms with E-state index in [0.29, 0.717) is 11.4 Å². The van der Waals surface area contributed by atoms with Crippen LogP contribution in [0.2, 0.25) is 0 Å². The Morgan fingerprint density at radius 3 is 2.50 bits per heavy atom. The molecule has 0 saturated carbocycles. The van der Waals surface area contributed by atoms with E-state index in [-0.39, 0.29) is 5.03 Å². The molecular formula is C12H13N3O4S. The van der Waals surface area contributed by atoms with Crippen LogP contribution in [-0.4, -0.2) is 29.5 Å². The number of aromatic amines is 1. The van der Waals surface area contributed by atoms with Crippen LogP contribution in [0, 0.1) is 6.92 Å². The van der Waals surface area contributed by atoms with E-state index in [0.717, 1.165) is 6.20 Å². The number of benzene rings is 1. The largest absolute Gasteiger partial charge is 0.480 e. The Morgan fingerprint density at radius 1 is 1.35 bits per heavy atom. The molecule has 0 unspecified atom stereocenters. The number of aryl methyl sites for hydroxylation is 1. The Kier molecular flexibility index (Phi) is 3.86. The molecule has 1 atom stereocenters. The topological polar surface area (TPSA) is 112 Å². The number of imidazole rings is 1. The van der Waals surface area contributed by atoms with Gasteiger partial charge < -0.3 is 10.1 Å². The van der Waals surface area contributed by atoms with Gasteiger partial charge in [-0.15, -0.1) is 0 Å². The summed E-state index contributed by atoms with van der Waals surface area (Å²) < 4.78 is 26.3. The number of sulfonamides is 1. The Bertz CT molecular complexity index is 709. The highest BCUT2D eigenvalue weighted by Crippen LogP contribution is 2.16. The number of aromatic nitrogens is 2. The molecule has 0 radical (unpaired) electrons. The maximum absolute atomic E-state index is 12.1. The number of hydrogen-bond acceptors (Lipinski definition) is 4. The predicted molar refractivity (Wildman–Crippen MR) is 70.5 cm³/mol. The van der Waals surface area contributed by atoms with Crippen molar-refractivity contribution in [3.05, 3.63) is 47.9 Å². The standard InChI is InChI=1S/C12H13N3O4S/c1-8-13-7-10(14-8)20(18,19)15-11(12(16)17)9-5-3-2-4-6-9/h2-7,11,15H,1H3,(H,13,14)(H,16,17)/t11-/m0/s1. The zero-order chi connectivity index (χ0) is 14.8. The molecule has 0 aliphatic rings. The van der Waals surface area contributed by atoms with Crippen LogP contribution in [0.1, 0.15) is 17.4 Å². The lowest BCUT2D eigenvalue weighted by Crippen LogP contribution is -2.34. The number of aliphatic carboxylic acids is 1. The molecule has 1 aromatic carbocycles. The molecule has 0 aliphatic carbocycles. The van der Waals surface area contributed by atoms with Gasteiger partial charge in [0.2, 0.25) is 0 Å². The molecule has 0 spiro atoms. The highest BCUT2D eigenvalue weighted by atomic mass is 32.2. The van der Waals surface area contributed by atoms with Crippen molar-refractivity contribution >= 4 is 16.0 Å². The summed E-state index contributed by atoms with van der Waals surface area (Å²) in [5, 5.41) is 9.02. The van der Waals surface area contributed by atoms with Crippen LogP contribution in [0.25, 0.3) is 0 Å². The number of carboxylic acid groups (broad SMARTS) is 1. The summed E-state index contributed by atoms with van der Waals surface area (Å²) in [4.78, 5) is 17.6. The van der Waals surface area contributed by atoms with E-state index in [1.165, 1.54) is 0 Å². The van der Waals surface area contributed by atoms with Crippen LogP contribution in [0.4, 0.5) is 0 Å². The molecular weight excluding hydrogens is 282 g/mol. The molecule has 0 saturated heterocycles. The first kappa shape index (κ1) is 14.2. The van der Waals surface area contributed by atoms with Crippen LogP contribution in [0.15, 0.2) is 41.6 Å². The normalized spacial score (nSPS) is 13.1. The molecule has 106 valence electrons. The third-order valence-electron chi connectivity index (χ3n) is 2.62.